The molecule has 22 heavy (non-hydrogen) atoms. The van der Waals surface area contributed by atoms with Gasteiger partial charge in [-0.25, -0.2) is 0 Å². The molecule has 0 amide bonds. The van der Waals surface area contributed by atoms with Crippen LogP contribution in [0.25, 0.3) is 0 Å². The molecule has 0 aliphatic heterocycles. The fourth-order valence-electron chi connectivity index (χ4n) is 0.932. The Morgan fingerprint density at radius 2 is 1.14 bits per heavy atom. The Kier molecular flexibility index (Phi) is 64.0. The van der Waals surface area contributed by atoms with Crippen LogP contribution < -0.4 is 0 Å². The van der Waals surface area contributed by atoms with Gasteiger partial charge in [-0.15, -0.1) is 0 Å². The SMILES string of the molecule is CC.CC.CC.CCCC.CCO.CCc1cccc(C)c1. The van der Waals surface area contributed by atoms with Crippen LogP contribution in [0.15, 0.2) is 24.3 Å². The molecule has 0 spiro atoms. The maximum Gasteiger partial charge on any atom is 0.0402 e. The number of aliphatic hydroxyl groups is 1. The largest absolute Gasteiger partial charge is 0.397 e. The molecule has 0 fully saturated rings. The predicted molar refractivity (Wildman–Crippen MR) is 108 cm³/mol. The predicted octanol–water partition coefficient (Wildman–Crippen LogP) is 7.44. The molecule has 0 aliphatic rings. The van der Waals surface area contributed by atoms with Crippen LogP contribution in [-0.2, 0) is 6.42 Å². The third-order valence-electron chi connectivity index (χ3n) is 1.99. The Labute approximate surface area is 143 Å². The maximum absolute atomic E-state index is 7.57. The molecule has 0 saturated heterocycles. The van der Waals surface area contributed by atoms with Crippen molar-refractivity contribution in [2.45, 2.75) is 95.4 Å². The van der Waals surface area contributed by atoms with Crippen LogP contribution >= 0.6 is 0 Å². The van der Waals surface area contributed by atoms with Crippen LogP contribution in [0.4, 0.5) is 0 Å². The lowest BCUT2D eigenvalue weighted by Gasteiger charge is -1.95. The zero-order valence-corrected chi connectivity index (χ0v) is 17.6. The summed E-state index contributed by atoms with van der Waals surface area (Å²) < 4.78 is 0. The average Bonchev–Trinajstić information content (AvgIpc) is 2.61. The fraction of sp³-hybridized carbons (Fsp3) is 0.714. The second kappa shape index (κ2) is 42.7. The summed E-state index contributed by atoms with van der Waals surface area (Å²) in [4.78, 5) is 0. The minimum absolute atomic E-state index is 0.250. The van der Waals surface area contributed by atoms with Crippen LogP contribution in [0.3, 0.4) is 0 Å². The molecule has 1 N–H and O–H groups in total. The average molecular weight is 315 g/mol. The summed E-state index contributed by atoms with van der Waals surface area (Å²) >= 11 is 0. The van der Waals surface area contributed by atoms with Crippen molar-refractivity contribution < 1.29 is 5.11 Å². The molecule has 1 heteroatoms. The standard InChI is InChI=1S/C9H12.C4H10.C2H6O.3C2H6/c1-3-9-6-4-5-8(2)7-9;1-3-4-2;1-2-3;3*1-2/h4-7H,3H2,1-2H3;3-4H2,1-2H3;3H,2H2,1H3;3*1-2H3. The van der Waals surface area contributed by atoms with E-state index in [-0.39, 0.29) is 6.61 Å². The molecular weight excluding hydrogens is 268 g/mol. The maximum atomic E-state index is 7.57. The molecule has 0 atom stereocenters. The highest BCUT2D eigenvalue weighted by Gasteiger charge is 1.85. The van der Waals surface area contributed by atoms with Crippen LogP contribution in [0.1, 0.15) is 93.2 Å². The van der Waals surface area contributed by atoms with E-state index in [1.807, 2.05) is 41.5 Å². The molecule has 1 aromatic rings. The number of rotatable bonds is 2. The molecular formula is C21H46O. The number of hydrogen-bond acceptors (Lipinski definition) is 1. The molecule has 0 radical (unpaired) electrons. The molecule has 0 aliphatic carbocycles. The monoisotopic (exact) mass is 314 g/mol. The molecule has 1 rings (SSSR count). The number of benzene rings is 1. The molecule has 1 aromatic carbocycles. The lowest BCUT2D eigenvalue weighted by molar-refractivity contribution is 0.318. The number of aliphatic hydroxyl groups excluding tert-OH is 1. The first-order valence-electron chi connectivity index (χ1n) is 9.32. The van der Waals surface area contributed by atoms with E-state index in [9.17, 15) is 0 Å². The van der Waals surface area contributed by atoms with Crippen LogP contribution in [0.2, 0.25) is 0 Å². The Bertz CT molecular complexity index is 229. The zero-order valence-electron chi connectivity index (χ0n) is 17.6. The Morgan fingerprint density at radius 1 is 0.773 bits per heavy atom. The lowest BCUT2D eigenvalue weighted by atomic mass is 10.1. The zero-order chi connectivity index (χ0) is 18.8. The number of unbranched alkanes of at least 4 members (excludes halogenated alkanes) is 1. The Hall–Kier alpha value is -0.820. The second-order valence-corrected chi connectivity index (χ2v) is 3.66. The minimum Gasteiger partial charge on any atom is -0.397 e. The lowest BCUT2D eigenvalue weighted by Crippen LogP contribution is -1.78. The first-order chi connectivity index (χ1) is 10.7. The summed E-state index contributed by atoms with van der Waals surface area (Å²) in [7, 11) is 0. The van der Waals surface area contributed by atoms with E-state index >= 15 is 0 Å². The van der Waals surface area contributed by atoms with Crippen LogP contribution in [-0.4, -0.2) is 11.7 Å². The van der Waals surface area contributed by atoms with Gasteiger partial charge in [-0.05, 0) is 25.8 Å². The van der Waals surface area contributed by atoms with Crippen molar-refractivity contribution in [1.29, 1.82) is 0 Å². The second-order valence-electron chi connectivity index (χ2n) is 3.66. The fourth-order valence-corrected chi connectivity index (χ4v) is 0.932. The van der Waals surface area contributed by atoms with Crippen molar-refractivity contribution >= 4 is 0 Å². The summed E-state index contributed by atoms with van der Waals surface area (Å²) in [6, 6.07) is 8.61. The van der Waals surface area contributed by atoms with E-state index in [1.165, 1.54) is 24.0 Å². The van der Waals surface area contributed by atoms with Crippen molar-refractivity contribution in [1.82, 2.24) is 0 Å². The third kappa shape index (κ3) is 42.7. The molecule has 136 valence electrons. The van der Waals surface area contributed by atoms with Gasteiger partial charge in [0.2, 0.25) is 0 Å². The van der Waals surface area contributed by atoms with E-state index in [1.54, 1.807) is 6.92 Å². The van der Waals surface area contributed by atoms with Gasteiger partial charge in [0.15, 0.2) is 0 Å². The van der Waals surface area contributed by atoms with Crippen LogP contribution in [0, 0.1) is 6.92 Å². The van der Waals surface area contributed by atoms with Gasteiger partial charge in [-0.2, -0.15) is 0 Å². The number of aryl methyl sites for hydroxylation is 2. The van der Waals surface area contributed by atoms with Crippen molar-refractivity contribution in [2.75, 3.05) is 6.61 Å². The van der Waals surface area contributed by atoms with E-state index < -0.39 is 0 Å². The van der Waals surface area contributed by atoms with E-state index in [4.69, 9.17) is 5.11 Å². The summed E-state index contributed by atoms with van der Waals surface area (Å²) in [6.45, 7) is 22.6. The van der Waals surface area contributed by atoms with Crippen molar-refractivity contribution in [3.8, 4) is 0 Å². The smallest absolute Gasteiger partial charge is 0.0402 e. The van der Waals surface area contributed by atoms with E-state index in [0.29, 0.717) is 0 Å². The van der Waals surface area contributed by atoms with Gasteiger partial charge >= 0.3 is 0 Å². The van der Waals surface area contributed by atoms with Crippen molar-refractivity contribution in [3.05, 3.63) is 35.4 Å². The molecule has 0 bridgehead atoms. The molecule has 0 unspecified atom stereocenters. The summed E-state index contributed by atoms with van der Waals surface area (Å²) in [5.41, 5.74) is 2.78. The Balaban J connectivity index is -0.0000000631. The van der Waals surface area contributed by atoms with Gasteiger partial charge in [0.05, 0.1) is 0 Å². The molecule has 0 heterocycles. The molecule has 0 saturated carbocycles. The van der Waals surface area contributed by atoms with Gasteiger partial charge in [-0.3, -0.25) is 0 Å². The van der Waals surface area contributed by atoms with Gasteiger partial charge in [-0.1, -0.05) is 105 Å². The first kappa shape index (κ1) is 32.9. The summed E-state index contributed by atoms with van der Waals surface area (Å²) in [5.74, 6) is 0. The molecule has 1 nitrogen and oxygen atoms in total. The topological polar surface area (TPSA) is 20.2 Å². The van der Waals surface area contributed by atoms with Gasteiger partial charge in [0.1, 0.15) is 0 Å². The minimum atomic E-state index is 0.250. The van der Waals surface area contributed by atoms with Crippen LogP contribution in [0.5, 0.6) is 0 Å². The normalized spacial score (nSPS) is 6.91. The first-order valence-corrected chi connectivity index (χ1v) is 9.32. The van der Waals surface area contributed by atoms with Crippen molar-refractivity contribution in [2.24, 2.45) is 0 Å². The highest BCUT2D eigenvalue weighted by Crippen LogP contribution is 2.03. The highest BCUT2D eigenvalue weighted by atomic mass is 16.2. The van der Waals surface area contributed by atoms with E-state index in [0.717, 1.165) is 6.42 Å². The third-order valence-corrected chi connectivity index (χ3v) is 1.99. The number of hydrogen-bond donors (Lipinski definition) is 1. The summed E-state index contributed by atoms with van der Waals surface area (Å²) in [6.07, 6.45) is 3.78. The summed E-state index contributed by atoms with van der Waals surface area (Å²) in [5, 5.41) is 7.57. The Morgan fingerprint density at radius 3 is 1.32 bits per heavy atom. The molecule has 0 aromatic heterocycles. The van der Waals surface area contributed by atoms with Gasteiger partial charge < -0.3 is 5.11 Å². The van der Waals surface area contributed by atoms with Gasteiger partial charge in [0.25, 0.3) is 0 Å². The van der Waals surface area contributed by atoms with Crippen molar-refractivity contribution in [3.63, 3.8) is 0 Å². The van der Waals surface area contributed by atoms with E-state index in [2.05, 4.69) is 52.0 Å². The van der Waals surface area contributed by atoms with Gasteiger partial charge in [0, 0.05) is 6.61 Å². The highest BCUT2D eigenvalue weighted by molar-refractivity contribution is 5.21. The quantitative estimate of drug-likeness (QED) is 0.601.